The van der Waals surface area contributed by atoms with Gasteiger partial charge in [-0.05, 0) is 23.7 Å². The third-order valence-electron chi connectivity index (χ3n) is 2.07. The maximum absolute atomic E-state index is 5.47. The molecule has 2 rings (SSSR count). The van der Waals surface area contributed by atoms with Crippen LogP contribution in [0.25, 0.3) is 0 Å². The summed E-state index contributed by atoms with van der Waals surface area (Å²) < 4.78 is 3.81. The molecule has 0 saturated heterocycles. The molecule has 15 heavy (non-hydrogen) atoms. The van der Waals surface area contributed by atoms with Gasteiger partial charge in [-0.15, -0.1) is 5.10 Å². The lowest BCUT2D eigenvalue weighted by Crippen LogP contribution is -2.30. The quantitative estimate of drug-likeness (QED) is 0.586. The van der Waals surface area contributed by atoms with Crippen molar-refractivity contribution in [3.63, 3.8) is 0 Å². The first-order valence-electron chi connectivity index (χ1n) is 4.53. The fourth-order valence-corrected chi connectivity index (χ4v) is 1.81. The molecule has 0 spiro atoms. The molecule has 2 aromatic rings. The third kappa shape index (κ3) is 2.56. The second-order valence-corrected chi connectivity index (χ2v) is 3.68. The van der Waals surface area contributed by atoms with Crippen molar-refractivity contribution in [1.82, 2.24) is 20.0 Å². The molecule has 0 fully saturated rings. The molecule has 2 heterocycles. The minimum atomic E-state index is -0.0290. The average Bonchev–Trinajstić information content (AvgIpc) is 2.81. The van der Waals surface area contributed by atoms with E-state index < -0.39 is 0 Å². The first-order chi connectivity index (χ1) is 7.40. The molecule has 0 saturated carbocycles. The molecule has 78 valence electrons. The van der Waals surface area contributed by atoms with Crippen molar-refractivity contribution in [3.05, 3.63) is 41.2 Å². The predicted molar refractivity (Wildman–Crippen MR) is 57.9 cm³/mol. The summed E-state index contributed by atoms with van der Waals surface area (Å²) in [4.78, 5) is 4.24. The van der Waals surface area contributed by atoms with Crippen molar-refractivity contribution < 1.29 is 0 Å². The summed E-state index contributed by atoms with van der Waals surface area (Å²) >= 11 is 1.32. The molecule has 0 radical (unpaired) electrons. The highest BCUT2D eigenvalue weighted by Gasteiger charge is 2.13. The van der Waals surface area contributed by atoms with Gasteiger partial charge in [0.05, 0.1) is 11.7 Å². The van der Waals surface area contributed by atoms with Crippen LogP contribution in [0.5, 0.6) is 0 Å². The van der Waals surface area contributed by atoms with Crippen molar-refractivity contribution in [2.45, 2.75) is 12.5 Å². The van der Waals surface area contributed by atoms with Crippen LogP contribution in [0.1, 0.15) is 17.4 Å². The van der Waals surface area contributed by atoms with E-state index in [1.165, 1.54) is 11.5 Å². The topological polar surface area (TPSA) is 76.7 Å². The van der Waals surface area contributed by atoms with Crippen molar-refractivity contribution in [1.29, 1.82) is 0 Å². The van der Waals surface area contributed by atoms with E-state index >= 15 is 0 Å². The molecule has 0 aliphatic carbocycles. The number of nitrogens with two attached hydrogens (primary N) is 1. The molecule has 5 nitrogen and oxygen atoms in total. The van der Waals surface area contributed by atoms with E-state index in [-0.39, 0.29) is 6.04 Å². The molecule has 0 aliphatic heterocycles. The van der Waals surface area contributed by atoms with Crippen LogP contribution in [0.2, 0.25) is 0 Å². The molecule has 0 aliphatic rings. The SMILES string of the molecule is NNC(Cc1ccccn1)c1csnn1. The predicted octanol–water partition coefficient (Wildman–Crippen LogP) is 0.680. The van der Waals surface area contributed by atoms with Crippen molar-refractivity contribution in [2.75, 3.05) is 0 Å². The number of hydrogen-bond acceptors (Lipinski definition) is 6. The first kappa shape index (κ1) is 10.2. The van der Waals surface area contributed by atoms with Crippen LogP contribution in [-0.4, -0.2) is 14.6 Å². The lowest BCUT2D eigenvalue weighted by atomic mass is 10.1. The van der Waals surface area contributed by atoms with Crippen molar-refractivity contribution in [2.24, 2.45) is 5.84 Å². The fourth-order valence-electron chi connectivity index (χ4n) is 1.30. The van der Waals surface area contributed by atoms with E-state index in [2.05, 4.69) is 20.0 Å². The van der Waals surface area contributed by atoms with Crippen molar-refractivity contribution >= 4 is 11.5 Å². The highest BCUT2D eigenvalue weighted by Crippen LogP contribution is 2.14. The zero-order valence-corrected chi connectivity index (χ0v) is 8.81. The van der Waals surface area contributed by atoms with E-state index in [0.717, 1.165) is 11.4 Å². The standard InChI is InChI=1S/C9H11N5S/c10-12-8(9-6-15-14-13-9)5-7-3-1-2-4-11-7/h1-4,6,8,12H,5,10H2. The van der Waals surface area contributed by atoms with Crippen LogP contribution in [0.15, 0.2) is 29.8 Å². The maximum atomic E-state index is 5.47. The second kappa shape index (κ2) is 4.92. The van der Waals surface area contributed by atoms with E-state index in [0.29, 0.717) is 6.42 Å². The Bertz CT molecular complexity index is 388. The number of aromatic nitrogens is 3. The summed E-state index contributed by atoms with van der Waals surface area (Å²) in [6.45, 7) is 0. The molecule has 2 aromatic heterocycles. The summed E-state index contributed by atoms with van der Waals surface area (Å²) in [6.07, 6.45) is 2.48. The summed E-state index contributed by atoms with van der Waals surface area (Å²) in [5.74, 6) is 5.47. The zero-order chi connectivity index (χ0) is 10.5. The van der Waals surface area contributed by atoms with E-state index in [4.69, 9.17) is 5.84 Å². The molecule has 1 atom stereocenters. The lowest BCUT2D eigenvalue weighted by molar-refractivity contribution is 0.531. The van der Waals surface area contributed by atoms with Crippen LogP contribution in [0, 0.1) is 0 Å². The molecular weight excluding hydrogens is 210 g/mol. The van der Waals surface area contributed by atoms with Gasteiger partial charge in [-0.2, -0.15) is 0 Å². The molecule has 6 heteroatoms. The van der Waals surface area contributed by atoms with E-state index in [9.17, 15) is 0 Å². The second-order valence-electron chi connectivity index (χ2n) is 3.07. The van der Waals surface area contributed by atoms with Crippen molar-refractivity contribution in [3.8, 4) is 0 Å². The Hall–Kier alpha value is -1.37. The van der Waals surface area contributed by atoms with Gasteiger partial charge in [-0.25, -0.2) is 0 Å². The summed E-state index contributed by atoms with van der Waals surface area (Å²) in [5.41, 5.74) is 4.55. The maximum Gasteiger partial charge on any atom is 0.0942 e. The molecule has 0 amide bonds. The Morgan fingerprint density at radius 3 is 3.00 bits per heavy atom. The fraction of sp³-hybridized carbons (Fsp3) is 0.222. The number of nitrogens with one attached hydrogen (secondary N) is 1. The largest absolute Gasteiger partial charge is 0.271 e. The van der Waals surface area contributed by atoms with Gasteiger partial charge in [0.15, 0.2) is 0 Å². The summed E-state index contributed by atoms with van der Waals surface area (Å²) in [7, 11) is 0. The number of hydrazine groups is 1. The van der Waals surface area contributed by atoms with Gasteiger partial charge >= 0.3 is 0 Å². The molecule has 0 bridgehead atoms. The Kier molecular flexibility index (Phi) is 3.33. The monoisotopic (exact) mass is 221 g/mol. The average molecular weight is 221 g/mol. The minimum absolute atomic E-state index is 0.0290. The van der Waals surface area contributed by atoms with Gasteiger partial charge in [-0.1, -0.05) is 10.6 Å². The number of pyridine rings is 1. The van der Waals surface area contributed by atoms with E-state index in [1.807, 2.05) is 23.6 Å². The van der Waals surface area contributed by atoms with Crippen LogP contribution in [0.3, 0.4) is 0 Å². The number of hydrogen-bond donors (Lipinski definition) is 2. The van der Waals surface area contributed by atoms with Gasteiger partial charge in [0.2, 0.25) is 0 Å². The molecule has 3 N–H and O–H groups in total. The minimum Gasteiger partial charge on any atom is -0.271 e. The Labute approximate surface area is 91.5 Å². The number of rotatable bonds is 4. The van der Waals surface area contributed by atoms with Crippen LogP contribution < -0.4 is 11.3 Å². The number of nitrogens with zero attached hydrogens (tertiary/aromatic N) is 3. The normalized spacial score (nSPS) is 12.6. The van der Waals surface area contributed by atoms with Gasteiger partial charge in [0.1, 0.15) is 0 Å². The third-order valence-corrected chi connectivity index (χ3v) is 2.60. The smallest absolute Gasteiger partial charge is 0.0942 e. The Balaban J connectivity index is 2.10. The summed E-state index contributed by atoms with van der Waals surface area (Å²) in [6, 6.07) is 5.77. The molecule has 1 unspecified atom stereocenters. The van der Waals surface area contributed by atoms with Gasteiger partial charge in [0, 0.05) is 23.7 Å². The highest BCUT2D eigenvalue weighted by molar-refractivity contribution is 7.03. The molecule has 0 aromatic carbocycles. The van der Waals surface area contributed by atoms with Crippen LogP contribution in [-0.2, 0) is 6.42 Å². The summed E-state index contributed by atoms with van der Waals surface area (Å²) in [5, 5.41) is 5.86. The zero-order valence-electron chi connectivity index (χ0n) is 8.00. The first-order valence-corrected chi connectivity index (χ1v) is 5.37. The van der Waals surface area contributed by atoms with E-state index in [1.54, 1.807) is 6.20 Å². The van der Waals surface area contributed by atoms with Gasteiger partial charge in [0.25, 0.3) is 0 Å². The van der Waals surface area contributed by atoms with Crippen LogP contribution in [0.4, 0.5) is 0 Å². The lowest BCUT2D eigenvalue weighted by Gasteiger charge is -2.11. The highest BCUT2D eigenvalue weighted by atomic mass is 32.1. The molecular formula is C9H11N5S. The Morgan fingerprint density at radius 1 is 1.47 bits per heavy atom. The Morgan fingerprint density at radius 2 is 2.40 bits per heavy atom. The van der Waals surface area contributed by atoms with Gasteiger partial charge in [-0.3, -0.25) is 16.3 Å². The van der Waals surface area contributed by atoms with Gasteiger partial charge < -0.3 is 0 Å². The van der Waals surface area contributed by atoms with Crippen LogP contribution >= 0.6 is 11.5 Å².